The molecule has 1 N–H and O–H groups in total. The van der Waals surface area contributed by atoms with Gasteiger partial charge in [0.2, 0.25) is 0 Å². The summed E-state index contributed by atoms with van der Waals surface area (Å²) in [5, 5.41) is 14.6. The first-order chi connectivity index (χ1) is 11.8. The lowest BCUT2D eigenvalue weighted by molar-refractivity contribution is -0.114. The molecule has 2 aromatic rings. The number of alkyl halides is 3. The van der Waals surface area contributed by atoms with Gasteiger partial charge in [-0.1, -0.05) is 12.1 Å². The zero-order valence-corrected chi connectivity index (χ0v) is 13.1. The van der Waals surface area contributed by atoms with E-state index in [1.165, 1.54) is 29.5 Å². The van der Waals surface area contributed by atoms with E-state index in [4.69, 9.17) is 5.11 Å². The SMILES string of the molecule is O=C(O)c1cccc(N2N=C(C(F)(F)F)C(=Cc3cccs3)C2=O)c1. The van der Waals surface area contributed by atoms with Gasteiger partial charge in [0.15, 0.2) is 5.71 Å². The topological polar surface area (TPSA) is 70.0 Å². The number of anilines is 1. The third kappa shape index (κ3) is 3.31. The van der Waals surface area contributed by atoms with Crippen LogP contribution in [0.2, 0.25) is 0 Å². The van der Waals surface area contributed by atoms with E-state index in [1.807, 2.05) is 0 Å². The summed E-state index contributed by atoms with van der Waals surface area (Å²) in [5.41, 5.74) is -2.12. The molecular weight excluding hydrogens is 357 g/mol. The molecule has 1 aromatic carbocycles. The molecule has 0 aliphatic carbocycles. The zero-order valence-electron chi connectivity index (χ0n) is 12.3. The highest BCUT2D eigenvalue weighted by Crippen LogP contribution is 2.33. The molecule has 0 unspecified atom stereocenters. The highest BCUT2D eigenvalue weighted by molar-refractivity contribution is 7.10. The lowest BCUT2D eigenvalue weighted by atomic mass is 10.1. The van der Waals surface area contributed by atoms with Crippen molar-refractivity contribution in [3.05, 3.63) is 57.8 Å². The average molecular weight is 366 g/mol. The van der Waals surface area contributed by atoms with E-state index in [0.29, 0.717) is 9.89 Å². The minimum Gasteiger partial charge on any atom is -0.478 e. The van der Waals surface area contributed by atoms with Crippen molar-refractivity contribution < 1.29 is 27.9 Å². The van der Waals surface area contributed by atoms with E-state index in [1.54, 1.807) is 17.5 Å². The van der Waals surface area contributed by atoms with Crippen LogP contribution in [-0.2, 0) is 4.79 Å². The Hall–Kier alpha value is -2.94. The number of halogens is 3. The number of carboxylic acids is 1. The zero-order chi connectivity index (χ0) is 18.2. The number of thiophene rings is 1. The van der Waals surface area contributed by atoms with Crippen LogP contribution < -0.4 is 5.01 Å². The van der Waals surface area contributed by atoms with Gasteiger partial charge in [0.1, 0.15) is 0 Å². The molecule has 3 rings (SSSR count). The number of carbonyl (C=O) groups is 2. The van der Waals surface area contributed by atoms with Crippen molar-refractivity contribution in [2.45, 2.75) is 6.18 Å². The third-order valence-corrected chi connectivity index (χ3v) is 4.13. The highest BCUT2D eigenvalue weighted by atomic mass is 32.1. The Balaban J connectivity index is 2.08. The number of hydrogen-bond acceptors (Lipinski definition) is 4. The second kappa shape index (κ2) is 6.17. The third-order valence-electron chi connectivity index (χ3n) is 3.31. The van der Waals surface area contributed by atoms with Gasteiger partial charge in [-0.05, 0) is 35.7 Å². The number of amides is 1. The largest absolute Gasteiger partial charge is 0.478 e. The van der Waals surface area contributed by atoms with Crippen molar-refractivity contribution in [3.8, 4) is 0 Å². The van der Waals surface area contributed by atoms with Crippen LogP contribution in [0.5, 0.6) is 0 Å². The van der Waals surface area contributed by atoms with Gasteiger partial charge in [0, 0.05) is 4.88 Å². The molecule has 0 saturated heterocycles. The number of carbonyl (C=O) groups excluding carboxylic acids is 1. The van der Waals surface area contributed by atoms with Crippen molar-refractivity contribution in [2.75, 3.05) is 5.01 Å². The molecule has 1 aromatic heterocycles. The van der Waals surface area contributed by atoms with Gasteiger partial charge in [-0.25, -0.2) is 4.79 Å². The summed E-state index contributed by atoms with van der Waals surface area (Å²) in [6.07, 6.45) is -3.70. The van der Waals surface area contributed by atoms with Crippen LogP contribution in [0.15, 0.2) is 52.5 Å². The number of benzene rings is 1. The normalized spacial score (nSPS) is 16.4. The van der Waals surface area contributed by atoms with Gasteiger partial charge in [0.05, 0.1) is 16.8 Å². The Kier molecular flexibility index (Phi) is 4.17. The predicted octanol–water partition coefficient (Wildman–Crippen LogP) is 3.79. The average Bonchev–Trinajstić information content (AvgIpc) is 3.16. The monoisotopic (exact) mass is 366 g/mol. The molecule has 0 bridgehead atoms. The van der Waals surface area contributed by atoms with E-state index in [-0.39, 0.29) is 11.3 Å². The van der Waals surface area contributed by atoms with Crippen LogP contribution in [0.1, 0.15) is 15.2 Å². The van der Waals surface area contributed by atoms with E-state index >= 15 is 0 Å². The second-order valence-electron chi connectivity index (χ2n) is 4.99. The van der Waals surface area contributed by atoms with Gasteiger partial charge in [-0.3, -0.25) is 4.79 Å². The molecule has 0 radical (unpaired) electrons. The molecule has 9 heteroatoms. The fraction of sp³-hybridized carbons (Fsp3) is 0.0625. The maximum Gasteiger partial charge on any atom is 0.435 e. The molecule has 25 heavy (non-hydrogen) atoms. The molecule has 2 heterocycles. The van der Waals surface area contributed by atoms with Gasteiger partial charge < -0.3 is 5.11 Å². The van der Waals surface area contributed by atoms with E-state index in [2.05, 4.69) is 5.10 Å². The fourth-order valence-electron chi connectivity index (χ4n) is 2.22. The minimum absolute atomic E-state index is 0.0544. The maximum absolute atomic E-state index is 13.3. The molecule has 0 fully saturated rings. The quantitative estimate of drug-likeness (QED) is 0.840. The van der Waals surface area contributed by atoms with Crippen molar-refractivity contribution in [2.24, 2.45) is 5.10 Å². The standard InChI is InChI=1S/C16H9F3N2O3S/c17-16(18,19)13-12(8-11-5-2-6-25-11)14(22)21(20-13)10-4-1-3-9(7-10)15(23)24/h1-8H,(H,23,24). The Morgan fingerprint density at radius 2 is 2.00 bits per heavy atom. The first kappa shape index (κ1) is 16.9. The summed E-state index contributed by atoms with van der Waals surface area (Å²) in [4.78, 5) is 24.0. The number of hydrogen-bond donors (Lipinski definition) is 1. The van der Waals surface area contributed by atoms with Crippen molar-refractivity contribution >= 4 is 40.7 Å². The molecule has 0 atom stereocenters. The minimum atomic E-state index is -4.82. The molecule has 0 saturated carbocycles. The number of nitrogens with zero attached hydrogens (tertiary/aromatic N) is 2. The second-order valence-corrected chi connectivity index (χ2v) is 5.97. The summed E-state index contributed by atoms with van der Waals surface area (Å²) in [6.45, 7) is 0. The Morgan fingerprint density at radius 1 is 1.24 bits per heavy atom. The molecule has 0 spiro atoms. The van der Waals surface area contributed by atoms with Crippen LogP contribution in [0, 0.1) is 0 Å². The lowest BCUT2D eigenvalue weighted by Crippen LogP contribution is -2.25. The van der Waals surface area contributed by atoms with Crippen LogP contribution in [-0.4, -0.2) is 28.9 Å². The summed E-state index contributed by atoms with van der Waals surface area (Å²) < 4.78 is 39.8. The van der Waals surface area contributed by atoms with E-state index in [0.717, 1.165) is 12.1 Å². The molecular formula is C16H9F3N2O3S. The first-order valence-corrected chi connectivity index (χ1v) is 7.74. The van der Waals surface area contributed by atoms with E-state index in [9.17, 15) is 22.8 Å². The first-order valence-electron chi connectivity index (χ1n) is 6.86. The predicted molar refractivity (Wildman–Crippen MR) is 86.7 cm³/mol. The molecule has 128 valence electrons. The van der Waals surface area contributed by atoms with Gasteiger partial charge in [0.25, 0.3) is 5.91 Å². The Morgan fingerprint density at radius 3 is 2.60 bits per heavy atom. The molecule has 5 nitrogen and oxygen atoms in total. The van der Waals surface area contributed by atoms with Gasteiger partial charge >= 0.3 is 12.1 Å². The summed E-state index contributed by atoms with van der Waals surface area (Å²) in [7, 11) is 0. The maximum atomic E-state index is 13.3. The number of hydrazone groups is 1. The van der Waals surface area contributed by atoms with Crippen molar-refractivity contribution in [1.29, 1.82) is 0 Å². The van der Waals surface area contributed by atoms with Gasteiger partial charge in [-0.2, -0.15) is 23.3 Å². The molecule has 1 amide bonds. The van der Waals surface area contributed by atoms with Crippen molar-refractivity contribution in [3.63, 3.8) is 0 Å². The highest BCUT2D eigenvalue weighted by Gasteiger charge is 2.46. The number of carboxylic acid groups (broad SMARTS) is 1. The smallest absolute Gasteiger partial charge is 0.435 e. The van der Waals surface area contributed by atoms with Crippen LogP contribution in [0.25, 0.3) is 6.08 Å². The Bertz CT molecular complexity index is 902. The number of rotatable bonds is 3. The van der Waals surface area contributed by atoms with E-state index < -0.39 is 29.3 Å². The van der Waals surface area contributed by atoms with Gasteiger partial charge in [-0.15, -0.1) is 11.3 Å². The summed E-state index contributed by atoms with van der Waals surface area (Å²) >= 11 is 1.18. The molecule has 1 aliphatic heterocycles. The Labute approximate surface area is 143 Å². The van der Waals surface area contributed by atoms with Crippen LogP contribution >= 0.6 is 11.3 Å². The summed E-state index contributed by atoms with van der Waals surface area (Å²) in [6, 6.07) is 8.22. The van der Waals surface area contributed by atoms with Crippen molar-refractivity contribution in [1.82, 2.24) is 0 Å². The lowest BCUT2D eigenvalue weighted by Gasteiger charge is -2.11. The fourth-order valence-corrected chi connectivity index (χ4v) is 2.87. The summed E-state index contributed by atoms with van der Waals surface area (Å²) in [5.74, 6) is -2.23. The van der Waals surface area contributed by atoms with Crippen LogP contribution in [0.4, 0.5) is 18.9 Å². The molecule has 1 aliphatic rings. The van der Waals surface area contributed by atoms with Crippen LogP contribution in [0.3, 0.4) is 0 Å². The number of aromatic carboxylic acids is 1.